The van der Waals surface area contributed by atoms with Gasteiger partial charge in [0.25, 0.3) is 0 Å². The van der Waals surface area contributed by atoms with Gasteiger partial charge in [-0.2, -0.15) is 0 Å². The zero-order valence-electron chi connectivity index (χ0n) is 11.0. The molecule has 0 aliphatic heterocycles. The van der Waals surface area contributed by atoms with E-state index in [4.69, 9.17) is 4.42 Å². The Morgan fingerprint density at radius 1 is 1.35 bits per heavy atom. The highest BCUT2D eigenvalue weighted by Gasteiger charge is 2.19. The van der Waals surface area contributed by atoms with E-state index in [9.17, 15) is 0 Å². The molecule has 1 saturated carbocycles. The van der Waals surface area contributed by atoms with E-state index in [1.807, 2.05) is 13.0 Å². The van der Waals surface area contributed by atoms with Crippen molar-refractivity contribution >= 4 is 0 Å². The third-order valence-corrected chi connectivity index (χ3v) is 3.76. The SMILES string of the molecule is C=C(C1CCCCC1)N(C)Cc1ccc(C)o1. The number of hydrogen-bond donors (Lipinski definition) is 0. The lowest BCUT2D eigenvalue weighted by Crippen LogP contribution is -2.23. The minimum absolute atomic E-state index is 0.685. The average Bonchev–Trinajstić information content (AvgIpc) is 2.75. The Labute approximate surface area is 104 Å². The van der Waals surface area contributed by atoms with E-state index in [0.717, 1.165) is 18.1 Å². The third kappa shape index (κ3) is 3.15. The van der Waals surface area contributed by atoms with Gasteiger partial charge >= 0.3 is 0 Å². The molecule has 0 atom stereocenters. The third-order valence-electron chi connectivity index (χ3n) is 3.76. The number of allylic oxidation sites excluding steroid dienone is 1. The molecular formula is C15H23NO. The molecule has 0 saturated heterocycles. The van der Waals surface area contributed by atoms with E-state index in [-0.39, 0.29) is 0 Å². The Morgan fingerprint density at radius 2 is 2.06 bits per heavy atom. The molecule has 1 aromatic heterocycles. The van der Waals surface area contributed by atoms with Crippen molar-refractivity contribution < 1.29 is 4.42 Å². The predicted octanol–water partition coefficient (Wildman–Crippen LogP) is 4.11. The summed E-state index contributed by atoms with van der Waals surface area (Å²) in [5, 5.41) is 0. The zero-order valence-corrected chi connectivity index (χ0v) is 11.0. The minimum atomic E-state index is 0.685. The van der Waals surface area contributed by atoms with Gasteiger partial charge in [0.1, 0.15) is 11.5 Å². The summed E-state index contributed by atoms with van der Waals surface area (Å²) in [7, 11) is 2.12. The fourth-order valence-electron chi connectivity index (χ4n) is 2.65. The van der Waals surface area contributed by atoms with Crippen LogP contribution in [0, 0.1) is 12.8 Å². The number of aryl methyl sites for hydroxylation is 1. The number of rotatable bonds is 4. The van der Waals surface area contributed by atoms with Crippen LogP contribution in [0.25, 0.3) is 0 Å². The van der Waals surface area contributed by atoms with Crippen molar-refractivity contribution in [3.8, 4) is 0 Å². The maximum Gasteiger partial charge on any atom is 0.123 e. The van der Waals surface area contributed by atoms with Crippen molar-refractivity contribution in [3.63, 3.8) is 0 Å². The van der Waals surface area contributed by atoms with Gasteiger partial charge in [-0.05, 0) is 37.8 Å². The molecule has 0 aromatic carbocycles. The second-order valence-electron chi connectivity index (χ2n) is 5.19. The lowest BCUT2D eigenvalue weighted by Gasteiger charge is -2.30. The van der Waals surface area contributed by atoms with Gasteiger partial charge in [0.15, 0.2) is 0 Å². The molecule has 0 unspecified atom stereocenters. The van der Waals surface area contributed by atoms with Gasteiger partial charge < -0.3 is 9.32 Å². The summed E-state index contributed by atoms with van der Waals surface area (Å²) in [5.41, 5.74) is 1.28. The van der Waals surface area contributed by atoms with Crippen LogP contribution in [0.2, 0.25) is 0 Å². The first-order chi connectivity index (χ1) is 8.16. The monoisotopic (exact) mass is 233 g/mol. The minimum Gasteiger partial charge on any atom is -0.464 e. The maximum absolute atomic E-state index is 5.61. The van der Waals surface area contributed by atoms with Crippen LogP contribution in [0.1, 0.15) is 43.6 Å². The van der Waals surface area contributed by atoms with E-state index >= 15 is 0 Å². The van der Waals surface area contributed by atoms with Crippen LogP contribution >= 0.6 is 0 Å². The summed E-state index contributed by atoms with van der Waals surface area (Å²) in [4.78, 5) is 2.24. The largest absolute Gasteiger partial charge is 0.464 e. The van der Waals surface area contributed by atoms with Gasteiger partial charge in [-0.3, -0.25) is 0 Å². The second-order valence-corrected chi connectivity index (χ2v) is 5.19. The van der Waals surface area contributed by atoms with Crippen molar-refractivity contribution in [1.82, 2.24) is 4.90 Å². The molecule has 0 bridgehead atoms. The van der Waals surface area contributed by atoms with E-state index in [2.05, 4.69) is 24.6 Å². The van der Waals surface area contributed by atoms with E-state index in [1.165, 1.54) is 37.8 Å². The van der Waals surface area contributed by atoms with Gasteiger partial charge in [0.05, 0.1) is 6.54 Å². The van der Waals surface area contributed by atoms with Gasteiger partial charge in [-0.15, -0.1) is 0 Å². The Balaban J connectivity index is 1.90. The molecule has 94 valence electrons. The van der Waals surface area contributed by atoms with Crippen LogP contribution < -0.4 is 0 Å². The van der Waals surface area contributed by atoms with Crippen molar-refractivity contribution in [2.24, 2.45) is 5.92 Å². The second kappa shape index (κ2) is 5.44. The highest BCUT2D eigenvalue weighted by atomic mass is 16.3. The Kier molecular flexibility index (Phi) is 3.93. The van der Waals surface area contributed by atoms with E-state index < -0.39 is 0 Å². The molecule has 2 nitrogen and oxygen atoms in total. The summed E-state index contributed by atoms with van der Waals surface area (Å²) in [5.74, 6) is 2.70. The van der Waals surface area contributed by atoms with Crippen LogP contribution in [0.15, 0.2) is 28.8 Å². The lowest BCUT2D eigenvalue weighted by atomic mass is 9.87. The Bertz CT molecular complexity index is 374. The topological polar surface area (TPSA) is 16.4 Å². The summed E-state index contributed by atoms with van der Waals surface area (Å²) >= 11 is 0. The van der Waals surface area contributed by atoms with Gasteiger partial charge in [-0.25, -0.2) is 0 Å². The first-order valence-electron chi connectivity index (χ1n) is 6.62. The molecule has 2 rings (SSSR count). The Morgan fingerprint density at radius 3 is 2.65 bits per heavy atom. The first kappa shape index (κ1) is 12.3. The summed E-state index contributed by atoms with van der Waals surface area (Å²) < 4.78 is 5.61. The number of nitrogens with zero attached hydrogens (tertiary/aromatic N) is 1. The normalized spacial score (nSPS) is 17.1. The molecule has 17 heavy (non-hydrogen) atoms. The highest BCUT2D eigenvalue weighted by Crippen LogP contribution is 2.30. The quantitative estimate of drug-likeness (QED) is 0.778. The molecule has 1 aliphatic carbocycles. The molecular weight excluding hydrogens is 210 g/mol. The van der Waals surface area contributed by atoms with E-state index in [0.29, 0.717) is 5.92 Å². The van der Waals surface area contributed by atoms with Crippen molar-refractivity contribution in [2.45, 2.75) is 45.6 Å². The smallest absolute Gasteiger partial charge is 0.123 e. The Hall–Kier alpha value is -1.18. The van der Waals surface area contributed by atoms with Crippen molar-refractivity contribution in [2.75, 3.05) is 7.05 Å². The molecule has 0 radical (unpaired) electrons. The molecule has 0 spiro atoms. The fraction of sp³-hybridized carbons (Fsp3) is 0.600. The fourth-order valence-corrected chi connectivity index (χ4v) is 2.65. The number of furan rings is 1. The zero-order chi connectivity index (χ0) is 12.3. The summed E-state index contributed by atoms with van der Waals surface area (Å²) in [6.45, 7) is 7.09. The van der Waals surface area contributed by atoms with Gasteiger partial charge in [-0.1, -0.05) is 25.8 Å². The average molecular weight is 233 g/mol. The van der Waals surface area contributed by atoms with Crippen molar-refractivity contribution in [1.29, 1.82) is 0 Å². The van der Waals surface area contributed by atoms with Crippen LogP contribution in [-0.4, -0.2) is 11.9 Å². The lowest BCUT2D eigenvalue weighted by molar-refractivity contribution is 0.281. The highest BCUT2D eigenvalue weighted by molar-refractivity contribution is 5.08. The molecule has 1 heterocycles. The van der Waals surface area contributed by atoms with Gasteiger partial charge in [0, 0.05) is 12.7 Å². The standard InChI is InChI=1S/C15H23NO/c1-12-9-10-15(17-12)11-16(3)13(2)14-7-5-4-6-8-14/h9-10,14H,2,4-8,11H2,1,3H3. The maximum atomic E-state index is 5.61. The molecule has 2 heteroatoms. The van der Waals surface area contributed by atoms with Crippen molar-refractivity contribution in [3.05, 3.63) is 35.9 Å². The molecule has 1 fully saturated rings. The van der Waals surface area contributed by atoms with Crippen LogP contribution in [0.4, 0.5) is 0 Å². The molecule has 0 N–H and O–H groups in total. The van der Waals surface area contributed by atoms with E-state index in [1.54, 1.807) is 0 Å². The summed E-state index contributed by atoms with van der Waals surface area (Å²) in [6.07, 6.45) is 6.72. The number of hydrogen-bond acceptors (Lipinski definition) is 2. The van der Waals surface area contributed by atoms with Crippen LogP contribution in [0.3, 0.4) is 0 Å². The van der Waals surface area contributed by atoms with Gasteiger partial charge in [0.2, 0.25) is 0 Å². The summed E-state index contributed by atoms with van der Waals surface area (Å²) in [6, 6.07) is 4.08. The first-order valence-corrected chi connectivity index (χ1v) is 6.62. The predicted molar refractivity (Wildman–Crippen MR) is 70.6 cm³/mol. The van der Waals surface area contributed by atoms with Crippen LogP contribution in [0.5, 0.6) is 0 Å². The molecule has 1 aromatic rings. The molecule has 0 amide bonds. The van der Waals surface area contributed by atoms with Crippen LogP contribution in [-0.2, 0) is 6.54 Å². The molecule has 1 aliphatic rings.